The van der Waals surface area contributed by atoms with Crippen LogP contribution in [0.5, 0.6) is 0 Å². The number of carboxylic acids is 1. The zero-order valence-corrected chi connectivity index (χ0v) is 10.9. The van der Waals surface area contributed by atoms with E-state index < -0.39 is 5.97 Å². The predicted octanol–water partition coefficient (Wildman–Crippen LogP) is 2.02. The van der Waals surface area contributed by atoms with Gasteiger partial charge in [0.15, 0.2) is 0 Å². The van der Waals surface area contributed by atoms with Crippen LogP contribution in [0.1, 0.15) is 23.2 Å². The monoisotopic (exact) mass is 272 g/mol. The smallest absolute Gasteiger partial charge is 0.303 e. The third-order valence-electron chi connectivity index (χ3n) is 3.02. The molecule has 2 rings (SSSR count). The first-order chi connectivity index (χ1) is 9.58. The molecule has 0 aliphatic heterocycles. The number of carbonyl (C=O) groups is 2. The summed E-state index contributed by atoms with van der Waals surface area (Å²) in [4.78, 5) is 22.4. The number of aliphatic carboxylic acids is 1. The highest BCUT2D eigenvalue weighted by molar-refractivity contribution is 6.03. The molecule has 5 heteroatoms. The van der Waals surface area contributed by atoms with Crippen LogP contribution >= 0.6 is 0 Å². The topological polar surface area (TPSA) is 92.4 Å². The van der Waals surface area contributed by atoms with Crippen molar-refractivity contribution >= 4 is 28.3 Å². The van der Waals surface area contributed by atoms with Gasteiger partial charge in [-0.3, -0.25) is 9.59 Å². The van der Waals surface area contributed by atoms with Gasteiger partial charge in [0.05, 0.1) is 5.56 Å². The van der Waals surface area contributed by atoms with Crippen LogP contribution in [0.2, 0.25) is 0 Å². The average Bonchev–Trinajstić information content (AvgIpc) is 2.42. The minimum absolute atomic E-state index is 0.0352. The van der Waals surface area contributed by atoms with Crippen LogP contribution < -0.4 is 11.1 Å². The van der Waals surface area contributed by atoms with Crippen molar-refractivity contribution in [2.45, 2.75) is 12.8 Å². The third kappa shape index (κ3) is 3.26. The maximum absolute atomic E-state index is 12.0. The number of hydrogen-bond donors (Lipinski definition) is 3. The molecule has 0 bridgehead atoms. The highest BCUT2D eigenvalue weighted by Crippen LogP contribution is 2.21. The van der Waals surface area contributed by atoms with Crippen LogP contribution in [-0.2, 0) is 4.79 Å². The van der Waals surface area contributed by atoms with Crippen LogP contribution in [-0.4, -0.2) is 23.5 Å². The van der Waals surface area contributed by atoms with Gasteiger partial charge in [-0.25, -0.2) is 0 Å². The summed E-state index contributed by atoms with van der Waals surface area (Å²) in [6.07, 6.45) is 0.433. The first kappa shape index (κ1) is 13.9. The van der Waals surface area contributed by atoms with E-state index in [1.165, 1.54) is 0 Å². The maximum atomic E-state index is 12.0. The molecule has 0 saturated carbocycles. The number of carboxylic acid groups (broad SMARTS) is 1. The number of carbonyl (C=O) groups excluding carboxylic acids is 1. The number of fused-ring (bicyclic) bond motifs is 1. The molecule has 20 heavy (non-hydrogen) atoms. The quantitative estimate of drug-likeness (QED) is 0.573. The van der Waals surface area contributed by atoms with Crippen LogP contribution in [0.4, 0.5) is 5.69 Å². The Hall–Kier alpha value is -2.56. The summed E-state index contributed by atoms with van der Waals surface area (Å²) in [6, 6.07) is 11.2. The zero-order valence-electron chi connectivity index (χ0n) is 10.9. The number of anilines is 1. The largest absolute Gasteiger partial charge is 0.481 e. The van der Waals surface area contributed by atoms with E-state index in [-0.39, 0.29) is 12.3 Å². The van der Waals surface area contributed by atoms with Gasteiger partial charge < -0.3 is 16.2 Å². The SMILES string of the molecule is Nc1cc2ccccc2cc1C(=O)NCCCC(=O)O. The fourth-order valence-electron chi connectivity index (χ4n) is 1.99. The van der Waals surface area contributed by atoms with E-state index in [0.717, 1.165) is 10.8 Å². The van der Waals surface area contributed by atoms with Crippen LogP contribution in [0.25, 0.3) is 10.8 Å². The Balaban J connectivity index is 2.09. The molecule has 2 aromatic carbocycles. The summed E-state index contributed by atoms with van der Waals surface area (Å²) in [6.45, 7) is 0.317. The Kier molecular flexibility index (Phi) is 4.20. The number of amides is 1. The lowest BCUT2D eigenvalue weighted by Crippen LogP contribution is -2.25. The molecule has 0 spiro atoms. The van der Waals surface area contributed by atoms with E-state index in [1.54, 1.807) is 12.1 Å². The van der Waals surface area contributed by atoms with Crippen molar-refractivity contribution in [3.8, 4) is 0 Å². The van der Waals surface area contributed by atoms with Gasteiger partial charge in [0, 0.05) is 18.7 Å². The van der Waals surface area contributed by atoms with E-state index in [9.17, 15) is 9.59 Å². The molecule has 0 aliphatic rings. The Bertz CT molecular complexity index is 653. The highest BCUT2D eigenvalue weighted by Gasteiger charge is 2.10. The summed E-state index contributed by atoms with van der Waals surface area (Å²) >= 11 is 0. The summed E-state index contributed by atoms with van der Waals surface area (Å²) in [7, 11) is 0. The van der Waals surface area contributed by atoms with Gasteiger partial charge in [-0.05, 0) is 29.3 Å². The Morgan fingerprint density at radius 3 is 2.45 bits per heavy atom. The molecule has 0 atom stereocenters. The summed E-state index contributed by atoms with van der Waals surface area (Å²) in [5, 5.41) is 13.1. The molecule has 2 aromatic rings. The zero-order chi connectivity index (χ0) is 14.5. The number of nitrogens with two attached hydrogens (primary N) is 1. The first-order valence-corrected chi connectivity index (χ1v) is 6.36. The first-order valence-electron chi connectivity index (χ1n) is 6.36. The molecular weight excluding hydrogens is 256 g/mol. The van der Waals surface area contributed by atoms with E-state index in [2.05, 4.69) is 5.32 Å². The van der Waals surface area contributed by atoms with Crippen LogP contribution in [0.15, 0.2) is 36.4 Å². The van der Waals surface area contributed by atoms with Crippen molar-refractivity contribution in [1.29, 1.82) is 0 Å². The van der Waals surface area contributed by atoms with Crippen molar-refractivity contribution < 1.29 is 14.7 Å². The van der Waals surface area contributed by atoms with Gasteiger partial charge in [0.1, 0.15) is 0 Å². The van der Waals surface area contributed by atoms with Gasteiger partial charge in [0.25, 0.3) is 5.91 Å². The number of hydrogen-bond acceptors (Lipinski definition) is 3. The second-order valence-corrected chi connectivity index (χ2v) is 4.54. The highest BCUT2D eigenvalue weighted by atomic mass is 16.4. The Labute approximate surface area is 116 Å². The number of rotatable bonds is 5. The van der Waals surface area contributed by atoms with E-state index >= 15 is 0 Å². The van der Waals surface area contributed by atoms with Crippen molar-refractivity contribution in [3.63, 3.8) is 0 Å². The maximum Gasteiger partial charge on any atom is 0.303 e. The molecule has 0 aliphatic carbocycles. The lowest BCUT2D eigenvalue weighted by molar-refractivity contribution is -0.137. The fourth-order valence-corrected chi connectivity index (χ4v) is 1.99. The third-order valence-corrected chi connectivity index (χ3v) is 3.02. The molecule has 0 unspecified atom stereocenters. The lowest BCUT2D eigenvalue weighted by Gasteiger charge is -2.08. The normalized spacial score (nSPS) is 10.4. The minimum Gasteiger partial charge on any atom is -0.481 e. The van der Waals surface area contributed by atoms with Crippen LogP contribution in [0.3, 0.4) is 0 Å². The average molecular weight is 272 g/mol. The minimum atomic E-state index is -0.871. The molecular formula is C15H16N2O3. The summed E-state index contributed by atoms with van der Waals surface area (Å²) in [5.41, 5.74) is 6.72. The van der Waals surface area contributed by atoms with Gasteiger partial charge >= 0.3 is 5.97 Å². The van der Waals surface area contributed by atoms with Crippen LogP contribution in [0, 0.1) is 0 Å². The van der Waals surface area contributed by atoms with Gasteiger partial charge in [-0.2, -0.15) is 0 Å². The van der Waals surface area contributed by atoms with Crippen molar-refractivity contribution in [1.82, 2.24) is 5.32 Å². The summed E-state index contributed by atoms with van der Waals surface area (Å²) in [5.74, 6) is -1.15. The molecule has 0 fully saturated rings. The Morgan fingerprint density at radius 1 is 1.15 bits per heavy atom. The lowest BCUT2D eigenvalue weighted by atomic mass is 10.0. The van der Waals surface area contributed by atoms with Gasteiger partial charge in [-0.1, -0.05) is 24.3 Å². The number of benzene rings is 2. The molecule has 5 nitrogen and oxygen atoms in total. The molecule has 104 valence electrons. The molecule has 0 aromatic heterocycles. The molecule has 0 heterocycles. The number of nitrogens with one attached hydrogen (secondary N) is 1. The molecule has 0 radical (unpaired) electrons. The van der Waals surface area contributed by atoms with E-state index in [4.69, 9.17) is 10.8 Å². The van der Waals surface area contributed by atoms with E-state index in [1.807, 2.05) is 24.3 Å². The van der Waals surface area contributed by atoms with Crippen molar-refractivity contribution in [2.24, 2.45) is 0 Å². The Morgan fingerprint density at radius 2 is 1.80 bits per heavy atom. The van der Waals surface area contributed by atoms with Gasteiger partial charge in [0.2, 0.25) is 0 Å². The predicted molar refractivity (Wildman–Crippen MR) is 77.6 cm³/mol. The standard InChI is InChI=1S/C15H16N2O3/c16-13-9-11-5-2-1-4-10(11)8-12(13)15(20)17-7-3-6-14(18)19/h1-2,4-5,8-9H,3,6-7,16H2,(H,17,20)(H,18,19). The number of nitrogen functional groups attached to an aromatic ring is 1. The molecule has 0 saturated heterocycles. The van der Waals surface area contributed by atoms with Crippen molar-refractivity contribution in [3.05, 3.63) is 42.0 Å². The van der Waals surface area contributed by atoms with E-state index in [0.29, 0.717) is 24.2 Å². The molecule has 1 amide bonds. The fraction of sp³-hybridized carbons (Fsp3) is 0.200. The second kappa shape index (κ2) is 6.06. The summed E-state index contributed by atoms with van der Waals surface area (Å²) < 4.78 is 0. The molecule has 4 N–H and O–H groups in total. The second-order valence-electron chi connectivity index (χ2n) is 4.54. The van der Waals surface area contributed by atoms with Gasteiger partial charge in [-0.15, -0.1) is 0 Å². The van der Waals surface area contributed by atoms with Crippen molar-refractivity contribution in [2.75, 3.05) is 12.3 Å².